The van der Waals surface area contributed by atoms with Crippen molar-refractivity contribution >= 4 is 5.91 Å². The van der Waals surface area contributed by atoms with Crippen molar-refractivity contribution in [1.29, 1.82) is 0 Å². The lowest BCUT2D eigenvalue weighted by atomic mass is 10.2. The number of benzene rings is 1. The smallest absolute Gasteiger partial charge is 0.275 e. The molecule has 1 saturated heterocycles. The van der Waals surface area contributed by atoms with Crippen LogP contribution in [0.5, 0.6) is 5.75 Å². The molecule has 0 aliphatic carbocycles. The summed E-state index contributed by atoms with van der Waals surface area (Å²) in [5.74, 6) is 0.367. The fraction of sp³-hybridized carbons (Fsp3) is 0.412. The molecule has 128 valence electrons. The average Bonchev–Trinajstić information content (AvgIpc) is 3.23. The van der Waals surface area contributed by atoms with Crippen LogP contribution in [-0.2, 0) is 6.61 Å². The molecule has 1 amide bonds. The van der Waals surface area contributed by atoms with Gasteiger partial charge in [0, 0.05) is 19.1 Å². The van der Waals surface area contributed by atoms with E-state index in [1.807, 2.05) is 14.1 Å². The van der Waals surface area contributed by atoms with Crippen molar-refractivity contribution in [2.24, 2.45) is 0 Å². The number of ether oxygens (including phenoxy) is 1. The Morgan fingerprint density at radius 2 is 2.17 bits per heavy atom. The number of aromatic nitrogens is 1. The molecule has 24 heavy (non-hydrogen) atoms. The van der Waals surface area contributed by atoms with Crippen LogP contribution < -0.4 is 4.74 Å². The van der Waals surface area contributed by atoms with Gasteiger partial charge < -0.3 is 19.0 Å². The Hall–Kier alpha value is -2.41. The number of likely N-dealkylation sites (tertiary alicyclic amines) is 1. The van der Waals surface area contributed by atoms with Gasteiger partial charge in [0.1, 0.15) is 17.8 Å². The van der Waals surface area contributed by atoms with Gasteiger partial charge >= 0.3 is 0 Å². The Morgan fingerprint density at radius 3 is 2.83 bits per heavy atom. The molecule has 1 aliphatic rings. The topological polar surface area (TPSA) is 58.8 Å². The summed E-state index contributed by atoms with van der Waals surface area (Å²) >= 11 is 0. The highest BCUT2D eigenvalue weighted by atomic mass is 19.1. The predicted molar refractivity (Wildman–Crippen MR) is 85.2 cm³/mol. The highest BCUT2D eigenvalue weighted by Crippen LogP contribution is 2.17. The Labute approximate surface area is 139 Å². The number of nitrogens with zero attached hydrogens (tertiary/aromatic N) is 3. The zero-order chi connectivity index (χ0) is 17.1. The van der Waals surface area contributed by atoms with E-state index in [2.05, 4.69) is 9.88 Å². The van der Waals surface area contributed by atoms with E-state index in [1.165, 1.54) is 30.5 Å². The van der Waals surface area contributed by atoms with E-state index >= 15 is 0 Å². The monoisotopic (exact) mass is 333 g/mol. The van der Waals surface area contributed by atoms with E-state index < -0.39 is 0 Å². The van der Waals surface area contributed by atoms with Crippen LogP contribution in [0.25, 0.3) is 0 Å². The van der Waals surface area contributed by atoms with Gasteiger partial charge in [-0.2, -0.15) is 0 Å². The van der Waals surface area contributed by atoms with Crippen molar-refractivity contribution in [3.8, 4) is 5.75 Å². The number of rotatable bonds is 5. The van der Waals surface area contributed by atoms with Crippen molar-refractivity contribution in [3.05, 3.63) is 47.9 Å². The zero-order valence-electron chi connectivity index (χ0n) is 13.7. The summed E-state index contributed by atoms with van der Waals surface area (Å²) in [6.45, 7) is 1.50. The third-order valence-corrected chi connectivity index (χ3v) is 4.13. The van der Waals surface area contributed by atoms with Gasteiger partial charge in [-0.25, -0.2) is 9.37 Å². The number of hydrogen-bond donors (Lipinski definition) is 0. The predicted octanol–water partition coefficient (Wildman–Crippen LogP) is 2.17. The van der Waals surface area contributed by atoms with Crippen molar-refractivity contribution in [2.45, 2.75) is 19.1 Å². The Bertz CT molecular complexity index is 699. The Morgan fingerprint density at radius 1 is 1.42 bits per heavy atom. The molecule has 2 heterocycles. The van der Waals surface area contributed by atoms with E-state index in [0.29, 0.717) is 24.2 Å². The van der Waals surface area contributed by atoms with Crippen LogP contribution in [0.3, 0.4) is 0 Å². The molecule has 1 aromatic carbocycles. The number of carbonyl (C=O) groups is 1. The lowest BCUT2D eigenvalue weighted by Gasteiger charge is -2.19. The van der Waals surface area contributed by atoms with Gasteiger partial charge in [0.05, 0.1) is 0 Å². The van der Waals surface area contributed by atoms with Crippen LogP contribution in [-0.4, -0.2) is 53.9 Å². The third kappa shape index (κ3) is 3.73. The molecule has 1 aliphatic heterocycles. The molecule has 1 aromatic heterocycles. The minimum Gasteiger partial charge on any atom is -0.484 e. The van der Waals surface area contributed by atoms with Crippen LogP contribution in [0.2, 0.25) is 0 Å². The molecule has 1 atom stereocenters. The first-order valence-corrected chi connectivity index (χ1v) is 7.81. The second kappa shape index (κ2) is 7.00. The van der Waals surface area contributed by atoms with Crippen LogP contribution in [0.1, 0.15) is 22.8 Å². The highest BCUT2D eigenvalue weighted by Gasteiger charge is 2.29. The van der Waals surface area contributed by atoms with Gasteiger partial charge in [-0.3, -0.25) is 4.79 Å². The molecule has 2 aromatic rings. The fourth-order valence-corrected chi connectivity index (χ4v) is 2.66. The lowest BCUT2D eigenvalue weighted by molar-refractivity contribution is 0.0777. The largest absolute Gasteiger partial charge is 0.484 e. The van der Waals surface area contributed by atoms with Crippen LogP contribution in [0.4, 0.5) is 4.39 Å². The summed E-state index contributed by atoms with van der Waals surface area (Å²) < 4.78 is 23.6. The molecule has 6 nitrogen and oxygen atoms in total. The van der Waals surface area contributed by atoms with Crippen LogP contribution >= 0.6 is 0 Å². The van der Waals surface area contributed by atoms with E-state index in [1.54, 1.807) is 4.90 Å². The maximum Gasteiger partial charge on any atom is 0.275 e. The van der Waals surface area contributed by atoms with Gasteiger partial charge in [0.2, 0.25) is 5.89 Å². The number of likely N-dealkylation sites (N-methyl/N-ethyl adjacent to an activating group) is 1. The maximum absolute atomic E-state index is 12.8. The summed E-state index contributed by atoms with van der Waals surface area (Å²) in [4.78, 5) is 20.5. The number of carbonyl (C=O) groups excluding carboxylic acids is 1. The second-order valence-electron chi connectivity index (χ2n) is 6.03. The minimum absolute atomic E-state index is 0.0826. The van der Waals surface area contributed by atoms with E-state index in [0.717, 1.165) is 13.0 Å². The fourth-order valence-electron chi connectivity index (χ4n) is 2.66. The Balaban J connectivity index is 1.57. The summed E-state index contributed by atoms with van der Waals surface area (Å²) in [7, 11) is 4.03. The number of oxazole rings is 1. The first-order chi connectivity index (χ1) is 11.5. The molecule has 7 heteroatoms. The van der Waals surface area contributed by atoms with Crippen molar-refractivity contribution in [3.63, 3.8) is 0 Å². The number of halogens is 1. The lowest BCUT2D eigenvalue weighted by Crippen LogP contribution is -2.34. The highest BCUT2D eigenvalue weighted by molar-refractivity contribution is 5.92. The molecular weight excluding hydrogens is 313 g/mol. The van der Waals surface area contributed by atoms with Gasteiger partial charge in [-0.05, 0) is 44.8 Å². The molecule has 0 bridgehead atoms. The SMILES string of the molecule is CN(C)C1CCN(C(=O)c2coc(COc3ccc(F)cc3)n2)C1. The summed E-state index contributed by atoms with van der Waals surface area (Å²) in [5.41, 5.74) is 0.284. The molecule has 0 N–H and O–H groups in total. The molecule has 0 saturated carbocycles. The first-order valence-electron chi connectivity index (χ1n) is 7.81. The van der Waals surface area contributed by atoms with Gasteiger partial charge in [-0.15, -0.1) is 0 Å². The summed E-state index contributed by atoms with van der Waals surface area (Å²) in [6, 6.07) is 6.05. The summed E-state index contributed by atoms with van der Waals surface area (Å²) in [5, 5.41) is 0. The molecule has 0 radical (unpaired) electrons. The number of hydrogen-bond acceptors (Lipinski definition) is 5. The van der Waals surface area contributed by atoms with Crippen molar-refractivity contribution < 1.29 is 18.3 Å². The van der Waals surface area contributed by atoms with Crippen molar-refractivity contribution in [1.82, 2.24) is 14.8 Å². The molecule has 1 unspecified atom stereocenters. The molecule has 1 fully saturated rings. The third-order valence-electron chi connectivity index (χ3n) is 4.13. The van der Waals surface area contributed by atoms with Crippen molar-refractivity contribution in [2.75, 3.05) is 27.2 Å². The number of amides is 1. The minimum atomic E-state index is -0.326. The Kier molecular flexibility index (Phi) is 4.80. The second-order valence-corrected chi connectivity index (χ2v) is 6.03. The van der Waals surface area contributed by atoms with Gasteiger partial charge in [0.15, 0.2) is 12.3 Å². The summed E-state index contributed by atoms with van der Waals surface area (Å²) in [6.07, 6.45) is 2.31. The van der Waals surface area contributed by atoms with Gasteiger partial charge in [0.25, 0.3) is 5.91 Å². The quantitative estimate of drug-likeness (QED) is 0.839. The first kappa shape index (κ1) is 16.4. The standard InChI is InChI=1S/C17H20FN3O3/c1-20(2)13-7-8-21(9-13)17(22)15-10-24-16(19-15)11-23-14-5-3-12(18)4-6-14/h3-6,10,13H,7-9,11H2,1-2H3. The normalized spacial score (nSPS) is 17.5. The van der Waals surface area contributed by atoms with Crippen LogP contribution in [0, 0.1) is 5.82 Å². The van der Waals surface area contributed by atoms with E-state index in [9.17, 15) is 9.18 Å². The maximum atomic E-state index is 12.8. The average molecular weight is 333 g/mol. The van der Waals surface area contributed by atoms with E-state index in [-0.39, 0.29) is 24.0 Å². The molecule has 3 rings (SSSR count). The molecule has 0 spiro atoms. The zero-order valence-corrected chi connectivity index (χ0v) is 13.7. The van der Waals surface area contributed by atoms with Crippen LogP contribution in [0.15, 0.2) is 34.9 Å². The van der Waals surface area contributed by atoms with Gasteiger partial charge in [-0.1, -0.05) is 0 Å². The van der Waals surface area contributed by atoms with E-state index in [4.69, 9.17) is 9.15 Å². The molecular formula is C17H20FN3O3.